The van der Waals surface area contributed by atoms with Crippen LogP contribution in [-0.4, -0.2) is 44.2 Å². The van der Waals surface area contributed by atoms with E-state index < -0.39 is 0 Å². The first-order valence-corrected chi connectivity index (χ1v) is 10.4. The van der Waals surface area contributed by atoms with Gasteiger partial charge >= 0.3 is 0 Å². The van der Waals surface area contributed by atoms with Crippen molar-refractivity contribution in [2.24, 2.45) is 5.92 Å². The molecule has 1 saturated heterocycles. The van der Waals surface area contributed by atoms with Crippen molar-refractivity contribution >= 4 is 21.8 Å². The van der Waals surface area contributed by atoms with Gasteiger partial charge in [-0.25, -0.2) is 0 Å². The number of carbonyl (C=O) groups is 1. The summed E-state index contributed by atoms with van der Waals surface area (Å²) in [7, 11) is 1.63. The zero-order chi connectivity index (χ0) is 19.8. The lowest BCUT2D eigenvalue weighted by Gasteiger charge is -2.31. The smallest absolute Gasteiger partial charge is 0.223 e. The third-order valence-electron chi connectivity index (χ3n) is 4.99. The van der Waals surface area contributed by atoms with Gasteiger partial charge in [0, 0.05) is 23.0 Å². The van der Waals surface area contributed by atoms with E-state index >= 15 is 0 Å². The summed E-state index contributed by atoms with van der Waals surface area (Å²) in [6, 6.07) is 15.9. The Balaban J connectivity index is 1.34. The Morgan fingerprint density at radius 2 is 1.86 bits per heavy atom. The fourth-order valence-corrected chi connectivity index (χ4v) is 3.64. The SMILES string of the molecule is COc1cccc(OCCNC(=O)C2CCN(Cc3ccc(Br)cc3)CC2)c1. The minimum Gasteiger partial charge on any atom is -0.497 e. The Kier molecular flexibility index (Phi) is 7.74. The molecule has 6 heteroatoms. The number of piperidine rings is 1. The van der Waals surface area contributed by atoms with Crippen LogP contribution in [0.15, 0.2) is 53.0 Å². The minimum absolute atomic E-state index is 0.0954. The molecule has 1 aliphatic rings. The zero-order valence-corrected chi connectivity index (χ0v) is 17.8. The number of benzene rings is 2. The van der Waals surface area contributed by atoms with Crippen molar-refractivity contribution in [3.63, 3.8) is 0 Å². The molecule has 1 amide bonds. The van der Waals surface area contributed by atoms with E-state index in [4.69, 9.17) is 9.47 Å². The molecule has 28 heavy (non-hydrogen) atoms. The molecule has 150 valence electrons. The van der Waals surface area contributed by atoms with Gasteiger partial charge in [-0.3, -0.25) is 9.69 Å². The number of methoxy groups -OCH3 is 1. The number of carbonyl (C=O) groups excluding carboxylic acids is 1. The molecule has 1 fully saturated rings. The predicted octanol–water partition coefficient (Wildman–Crippen LogP) is 3.86. The molecule has 0 atom stereocenters. The number of hydrogen-bond donors (Lipinski definition) is 1. The van der Waals surface area contributed by atoms with Crippen LogP contribution in [0.3, 0.4) is 0 Å². The molecule has 1 N–H and O–H groups in total. The van der Waals surface area contributed by atoms with Crippen LogP contribution < -0.4 is 14.8 Å². The van der Waals surface area contributed by atoms with Crippen LogP contribution in [0.25, 0.3) is 0 Å². The van der Waals surface area contributed by atoms with E-state index in [-0.39, 0.29) is 11.8 Å². The van der Waals surface area contributed by atoms with E-state index in [0.717, 1.165) is 48.4 Å². The van der Waals surface area contributed by atoms with Gasteiger partial charge in [0.25, 0.3) is 0 Å². The maximum atomic E-state index is 12.4. The monoisotopic (exact) mass is 446 g/mol. The summed E-state index contributed by atoms with van der Waals surface area (Å²) in [4.78, 5) is 14.8. The lowest BCUT2D eigenvalue weighted by atomic mass is 9.95. The molecule has 0 aliphatic carbocycles. The second-order valence-corrected chi connectivity index (χ2v) is 7.91. The normalized spacial score (nSPS) is 15.2. The predicted molar refractivity (Wildman–Crippen MR) is 114 cm³/mol. The molecule has 5 nitrogen and oxygen atoms in total. The van der Waals surface area contributed by atoms with E-state index in [9.17, 15) is 4.79 Å². The number of amides is 1. The zero-order valence-electron chi connectivity index (χ0n) is 16.2. The Bertz CT molecular complexity index is 759. The van der Waals surface area contributed by atoms with Crippen molar-refractivity contribution in [2.75, 3.05) is 33.4 Å². The first kappa shape index (κ1) is 20.7. The first-order chi connectivity index (χ1) is 13.6. The van der Waals surface area contributed by atoms with Crippen molar-refractivity contribution < 1.29 is 14.3 Å². The summed E-state index contributed by atoms with van der Waals surface area (Å²) in [6.07, 6.45) is 1.80. The van der Waals surface area contributed by atoms with Crippen LogP contribution >= 0.6 is 15.9 Å². The number of hydrogen-bond acceptors (Lipinski definition) is 4. The van der Waals surface area contributed by atoms with E-state index in [2.05, 4.69) is 50.4 Å². The molecule has 0 saturated carbocycles. The van der Waals surface area contributed by atoms with Gasteiger partial charge in [0.2, 0.25) is 5.91 Å². The fourth-order valence-electron chi connectivity index (χ4n) is 3.38. The summed E-state index contributed by atoms with van der Waals surface area (Å²) >= 11 is 3.47. The molecule has 0 radical (unpaired) electrons. The van der Waals surface area contributed by atoms with Crippen molar-refractivity contribution in [2.45, 2.75) is 19.4 Å². The number of nitrogens with one attached hydrogen (secondary N) is 1. The van der Waals surface area contributed by atoms with E-state index in [1.54, 1.807) is 7.11 Å². The number of rotatable bonds is 8. The maximum absolute atomic E-state index is 12.4. The lowest BCUT2D eigenvalue weighted by Crippen LogP contribution is -2.41. The highest BCUT2D eigenvalue weighted by molar-refractivity contribution is 9.10. The van der Waals surface area contributed by atoms with Gasteiger partial charge in [-0.05, 0) is 55.8 Å². The van der Waals surface area contributed by atoms with E-state index in [1.165, 1.54) is 5.56 Å². The van der Waals surface area contributed by atoms with Crippen molar-refractivity contribution in [3.8, 4) is 11.5 Å². The topological polar surface area (TPSA) is 50.8 Å². The van der Waals surface area contributed by atoms with Gasteiger partial charge in [0.05, 0.1) is 13.7 Å². The molecule has 1 aliphatic heterocycles. The molecule has 1 heterocycles. The van der Waals surface area contributed by atoms with Crippen molar-refractivity contribution in [3.05, 3.63) is 58.6 Å². The molecule has 0 unspecified atom stereocenters. The molecular weight excluding hydrogens is 420 g/mol. The molecule has 2 aromatic carbocycles. The summed E-state index contributed by atoms with van der Waals surface area (Å²) in [5, 5.41) is 3.00. The summed E-state index contributed by atoms with van der Waals surface area (Å²) in [5.41, 5.74) is 1.31. The van der Waals surface area contributed by atoms with Crippen LogP contribution in [0, 0.1) is 5.92 Å². The van der Waals surface area contributed by atoms with Gasteiger partial charge in [-0.2, -0.15) is 0 Å². The number of ether oxygens (including phenoxy) is 2. The first-order valence-electron chi connectivity index (χ1n) is 9.65. The van der Waals surface area contributed by atoms with Crippen LogP contribution in [0.4, 0.5) is 0 Å². The molecule has 0 spiro atoms. The van der Waals surface area contributed by atoms with Crippen LogP contribution in [0.1, 0.15) is 18.4 Å². The van der Waals surface area contributed by atoms with E-state index in [1.807, 2.05) is 24.3 Å². The van der Waals surface area contributed by atoms with E-state index in [0.29, 0.717) is 13.2 Å². The Morgan fingerprint density at radius 3 is 2.57 bits per heavy atom. The molecular formula is C22H27BrN2O3. The van der Waals surface area contributed by atoms with Crippen LogP contribution in [0.2, 0.25) is 0 Å². The van der Waals surface area contributed by atoms with Crippen molar-refractivity contribution in [1.29, 1.82) is 0 Å². The number of nitrogens with zero attached hydrogens (tertiary/aromatic N) is 1. The highest BCUT2D eigenvalue weighted by atomic mass is 79.9. The van der Waals surface area contributed by atoms with Gasteiger partial charge in [-0.1, -0.05) is 34.1 Å². The second kappa shape index (κ2) is 10.5. The third kappa shape index (κ3) is 6.24. The van der Waals surface area contributed by atoms with Crippen LogP contribution in [-0.2, 0) is 11.3 Å². The Labute approximate surface area is 175 Å². The van der Waals surface area contributed by atoms with Gasteiger partial charge in [0.1, 0.15) is 18.1 Å². The quantitative estimate of drug-likeness (QED) is 0.625. The molecule has 0 aromatic heterocycles. The lowest BCUT2D eigenvalue weighted by molar-refractivity contribution is -0.126. The van der Waals surface area contributed by atoms with Crippen molar-refractivity contribution in [1.82, 2.24) is 10.2 Å². The third-order valence-corrected chi connectivity index (χ3v) is 5.52. The maximum Gasteiger partial charge on any atom is 0.223 e. The number of halogens is 1. The van der Waals surface area contributed by atoms with Gasteiger partial charge in [0.15, 0.2) is 0 Å². The molecule has 0 bridgehead atoms. The van der Waals surface area contributed by atoms with Gasteiger partial charge in [-0.15, -0.1) is 0 Å². The average molecular weight is 447 g/mol. The average Bonchev–Trinajstić information content (AvgIpc) is 2.73. The van der Waals surface area contributed by atoms with Crippen LogP contribution in [0.5, 0.6) is 11.5 Å². The molecule has 2 aromatic rings. The minimum atomic E-state index is 0.0954. The molecule has 3 rings (SSSR count). The summed E-state index contributed by atoms with van der Waals surface area (Å²) < 4.78 is 11.9. The highest BCUT2D eigenvalue weighted by Crippen LogP contribution is 2.21. The summed E-state index contributed by atoms with van der Waals surface area (Å²) in [6.45, 7) is 3.80. The largest absolute Gasteiger partial charge is 0.497 e. The van der Waals surface area contributed by atoms with Gasteiger partial charge < -0.3 is 14.8 Å². The Hall–Kier alpha value is -2.05. The standard InChI is InChI=1S/C22H27BrN2O3/c1-27-20-3-2-4-21(15-20)28-14-11-24-22(26)18-9-12-25(13-10-18)16-17-5-7-19(23)8-6-17/h2-8,15,18H,9-14,16H2,1H3,(H,24,26). The summed E-state index contributed by atoms with van der Waals surface area (Å²) in [5.74, 6) is 1.74. The fraction of sp³-hybridized carbons (Fsp3) is 0.409. The number of likely N-dealkylation sites (tertiary alicyclic amines) is 1. The second-order valence-electron chi connectivity index (χ2n) is 7.00. The Morgan fingerprint density at radius 1 is 1.14 bits per heavy atom. The highest BCUT2D eigenvalue weighted by Gasteiger charge is 2.24.